The summed E-state index contributed by atoms with van der Waals surface area (Å²) in [6, 6.07) is 8.87. The molecule has 0 saturated carbocycles. The van der Waals surface area contributed by atoms with E-state index in [1.165, 1.54) is 35.7 Å². The summed E-state index contributed by atoms with van der Waals surface area (Å²) in [4.78, 5) is 23.2. The highest BCUT2D eigenvalue weighted by atomic mass is 32.2. The van der Waals surface area contributed by atoms with E-state index in [0.29, 0.717) is 30.0 Å². The molecular weight excluding hydrogens is 386 g/mol. The van der Waals surface area contributed by atoms with Crippen LogP contribution in [-0.4, -0.2) is 38.7 Å². The monoisotopic (exact) mass is 405 g/mol. The van der Waals surface area contributed by atoms with Crippen molar-refractivity contribution in [2.75, 3.05) is 29.0 Å². The second kappa shape index (κ2) is 7.47. The molecule has 9 nitrogen and oxygen atoms in total. The summed E-state index contributed by atoms with van der Waals surface area (Å²) in [5, 5.41) is 13.7. The van der Waals surface area contributed by atoms with Crippen LogP contribution in [0.1, 0.15) is 22.3 Å². The Hall–Kier alpha value is -3.14. The Morgan fingerprint density at radius 3 is 2.61 bits per heavy atom. The van der Waals surface area contributed by atoms with Gasteiger partial charge in [-0.25, -0.2) is 8.42 Å². The SMILES string of the molecule is COc1ccc(N2CCCS2(=O)=O)cc1NC(=O)c1ccc(C)c([N+](=O)[O-])c1. The maximum atomic E-state index is 12.6. The Balaban J connectivity index is 1.93. The van der Waals surface area contributed by atoms with Crippen molar-refractivity contribution in [3.8, 4) is 5.75 Å². The molecule has 1 N–H and O–H groups in total. The van der Waals surface area contributed by atoms with Crippen LogP contribution in [0, 0.1) is 17.0 Å². The number of amides is 1. The Labute approximate surface area is 162 Å². The van der Waals surface area contributed by atoms with E-state index in [1.54, 1.807) is 19.1 Å². The summed E-state index contributed by atoms with van der Waals surface area (Å²) in [5.74, 6) is -0.147. The van der Waals surface area contributed by atoms with Gasteiger partial charge in [0.15, 0.2) is 0 Å². The van der Waals surface area contributed by atoms with E-state index >= 15 is 0 Å². The van der Waals surface area contributed by atoms with Crippen molar-refractivity contribution < 1.29 is 22.9 Å². The number of nitro benzene ring substituents is 1. The number of sulfonamides is 1. The number of methoxy groups -OCH3 is 1. The topological polar surface area (TPSA) is 119 Å². The standard InChI is InChI=1S/C18H19N3O6S/c1-12-4-5-13(10-16(12)21(23)24)18(22)19-15-11-14(6-7-17(15)27-2)20-8-3-9-28(20,25)26/h4-7,10-11H,3,8-9H2,1-2H3,(H,19,22). The predicted octanol–water partition coefficient (Wildman–Crippen LogP) is 2.70. The van der Waals surface area contributed by atoms with Gasteiger partial charge < -0.3 is 10.1 Å². The Kier molecular flexibility index (Phi) is 5.23. The molecule has 148 valence electrons. The largest absolute Gasteiger partial charge is 0.495 e. The first-order valence-corrected chi connectivity index (χ1v) is 10.1. The molecule has 0 atom stereocenters. The average molecular weight is 405 g/mol. The van der Waals surface area contributed by atoms with Crippen LogP contribution in [0.25, 0.3) is 0 Å². The summed E-state index contributed by atoms with van der Waals surface area (Å²) in [6.45, 7) is 1.95. The number of rotatable bonds is 5. The number of carbonyl (C=O) groups excluding carboxylic acids is 1. The smallest absolute Gasteiger partial charge is 0.273 e. The third kappa shape index (κ3) is 3.77. The first-order chi connectivity index (χ1) is 13.2. The molecule has 1 saturated heterocycles. The van der Waals surface area contributed by atoms with Gasteiger partial charge in [0, 0.05) is 23.7 Å². The maximum absolute atomic E-state index is 12.6. The van der Waals surface area contributed by atoms with Gasteiger partial charge in [-0.3, -0.25) is 19.2 Å². The van der Waals surface area contributed by atoms with Gasteiger partial charge >= 0.3 is 0 Å². The van der Waals surface area contributed by atoms with Gasteiger partial charge in [-0.05, 0) is 37.6 Å². The highest BCUT2D eigenvalue weighted by Crippen LogP contribution is 2.33. The van der Waals surface area contributed by atoms with Crippen LogP contribution >= 0.6 is 0 Å². The highest BCUT2D eigenvalue weighted by Gasteiger charge is 2.29. The molecule has 2 aromatic rings. The number of aryl methyl sites for hydroxylation is 1. The van der Waals surface area contributed by atoms with Crippen molar-refractivity contribution >= 4 is 33.0 Å². The molecule has 28 heavy (non-hydrogen) atoms. The zero-order valence-corrected chi connectivity index (χ0v) is 16.2. The molecule has 1 amide bonds. The lowest BCUT2D eigenvalue weighted by Gasteiger charge is -2.19. The highest BCUT2D eigenvalue weighted by molar-refractivity contribution is 7.93. The molecule has 3 rings (SSSR count). The normalized spacial score (nSPS) is 15.3. The molecule has 0 bridgehead atoms. The minimum absolute atomic E-state index is 0.0771. The number of benzene rings is 2. The molecule has 0 radical (unpaired) electrons. The third-order valence-corrected chi connectivity index (χ3v) is 6.36. The molecule has 10 heteroatoms. The Morgan fingerprint density at radius 2 is 2.00 bits per heavy atom. The first-order valence-electron chi connectivity index (χ1n) is 8.48. The molecule has 0 aromatic heterocycles. The van der Waals surface area contributed by atoms with Crippen LogP contribution < -0.4 is 14.4 Å². The van der Waals surface area contributed by atoms with Gasteiger partial charge in [0.2, 0.25) is 10.0 Å². The Bertz CT molecular complexity index is 1050. The van der Waals surface area contributed by atoms with Crippen molar-refractivity contribution in [2.24, 2.45) is 0 Å². The van der Waals surface area contributed by atoms with Crippen molar-refractivity contribution in [2.45, 2.75) is 13.3 Å². The fraction of sp³-hybridized carbons (Fsp3) is 0.278. The van der Waals surface area contributed by atoms with Crippen LogP contribution in [0.15, 0.2) is 36.4 Å². The van der Waals surface area contributed by atoms with E-state index in [0.717, 1.165) is 0 Å². The number of nitro groups is 1. The van der Waals surface area contributed by atoms with Gasteiger partial charge in [-0.15, -0.1) is 0 Å². The van der Waals surface area contributed by atoms with Crippen LogP contribution in [0.3, 0.4) is 0 Å². The third-order valence-electron chi connectivity index (χ3n) is 4.49. The van der Waals surface area contributed by atoms with Gasteiger partial charge in [-0.1, -0.05) is 6.07 Å². The second-order valence-electron chi connectivity index (χ2n) is 6.34. The molecule has 0 spiro atoms. The number of nitrogens with one attached hydrogen (secondary N) is 1. The Morgan fingerprint density at radius 1 is 1.25 bits per heavy atom. The molecule has 2 aromatic carbocycles. The molecule has 1 heterocycles. The van der Waals surface area contributed by atoms with Gasteiger partial charge in [0.1, 0.15) is 5.75 Å². The zero-order valence-electron chi connectivity index (χ0n) is 15.3. The zero-order chi connectivity index (χ0) is 20.5. The van der Waals surface area contributed by atoms with Crippen molar-refractivity contribution in [1.82, 2.24) is 0 Å². The van der Waals surface area contributed by atoms with Crippen molar-refractivity contribution in [3.63, 3.8) is 0 Å². The fourth-order valence-corrected chi connectivity index (χ4v) is 4.58. The number of nitrogens with zero attached hydrogens (tertiary/aromatic N) is 2. The minimum atomic E-state index is -3.37. The first kappa shape index (κ1) is 19.6. The van der Waals surface area contributed by atoms with E-state index in [4.69, 9.17) is 4.74 Å². The van der Waals surface area contributed by atoms with Crippen LogP contribution in [0.4, 0.5) is 17.1 Å². The average Bonchev–Trinajstić information content (AvgIpc) is 3.00. The number of carbonyl (C=O) groups is 1. The number of hydrogen-bond acceptors (Lipinski definition) is 6. The maximum Gasteiger partial charge on any atom is 0.273 e. The summed E-state index contributed by atoms with van der Waals surface area (Å²) >= 11 is 0. The van der Waals surface area contributed by atoms with E-state index in [-0.39, 0.29) is 22.7 Å². The van der Waals surface area contributed by atoms with E-state index < -0.39 is 20.9 Å². The predicted molar refractivity (Wildman–Crippen MR) is 105 cm³/mol. The lowest BCUT2D eigenvalue weighted by atomic mass is 10.1. The fourth-order valence-electron chi connectivity index (χ4n) is 3.02. The molecule has 0 aliphatic carbocycles. The quantitative estimate of drug-likeness (QED) is 0.603. The summed E-state index contributed by atoms with van der Waals surface area (Å²) in [7, 11) is -1.95. The molecule has 1 aliphatic heterocycles. The molecular formula is C18H19N3O6S. The van der Waals surface area contributed by atoms with Crippen molar-refractivity contribution in [3.05, 3.63) is 57.6 Å². The van der Waals surface area contributed by atoms with Gasteiger partial charge in [0.05, 0.1) is 29.2 Å². The second-order valence-corrected chi connectivity index (χ2v) is 8.35. The molecule has 1 aliphatic rings. The van der Waals surface area contributed by atoms with E-state index in [9.17, 15) is 23.3 Å². The number of anilines is 2. The summed E-state index contributed by atoms with van der Waals surface area (Å²) < 4.78 is 30.8. The van der Waals surface area contributed by atoms with Crippen LogP contribution in [0.2, 0.25) is 0 Å². The van der Waals surface area contributed by atoms with Gasteiger partial charge in [-0.2, -0.15) is 0 Å². The molecule has 0 unspecified atom stereocenters. The van der Waals surface area contributed by atoms with Crippen molar-refractivity contribution in [1.29, 1.82) is 0 Å². The minimum Gasteiger partial charge on any atom is -0.495 e. The lowest BCUT2D eigenvalue weighted by Crippen LogP contribution is -2.25. The number of ether oxygens (including phenoxy) is 1. The lowest BCUT2D eigenvalue weighted by molar-refractivity contribution is -0.385. The summed E-state index contributed by atoms with van der Waals surface area (Å²) in [6.07, 6.45) is 0.531. The molecule has 1 fully saturated rings. The van der Waals surface area contributed by atoms with E-state index in [1.807, 2.05) is 0 Å². The van der Waals surface area contributed by atoms with Crippen LogP contribution in [-0.2, 0) is 10.0 Å². The number of hydrogen-bond donors (Lipinski definition) is 1. The summed E-state index contributed by atoms with van der Waals surface area (Å²) in [5.41, 5.74) is 1.09. The van der Waals surface area contributed by atoms with Gasteiger partial charge in [0.25, 0.3) is 11.6 Å². The van der Waals surface area contributed by atoms with Crippen LogP contribution in [0.5, 0.6) is 5.75 Å². The van der Waals surface area contributed by atoms with E-state index in [2.05, 4.69) is 5.32 Å².